The van der Waals surface area contributed by atoms with Crippen LogP contribution in [0.25, 0.3) is 0 Å². The summed E-state index contributed by atoms with van der Waals surface area (Å²) in [6.07, 6.45) is 55.5. The van der Waals surface area contributed by atoms with Crippen LogP contribution in [0.1, 0.15) is 258 Å². The van der Waals surface area contributed by atoms with Gasteiger partial charge in [-0.15, -0.1) is 0 Å². The zero-order valence-electron chi connectivity index (χ0n) is 30.9. The van der Waals surface area contributed by atoms with E-state index in [9.17, 15) is 0 Å². The van der Waals surface area contributed by atoms with Gasteiger partial charge in [0, 0.05) is 7.11 Å². The Kier molecular flexibility index (Phi) is 39.9. The van der Waals surface area contributed by atoms with Crippen LogP contribution in [-0.2, 0) is 4.74 Å². The number of rotatable bonds is 39. The van der Waals surface area contributed by atoms with Gasteiger partial charge < -0.3 is 4.74 Å². The molecule has 260 valence electrons. The highest BCUT2D eigenvalue weighted by molar-refractivity contribution is 4.60. The van der Waals surface area contributed by atoms with E-state index in [1.165, 1.54) is 244 Å². The molecule has 0 aliphatic heterocycles. The average molecular weight is 607 g/mol. The van der Waals surface area contributed by atoms with E-state index in [-0.39, 0.29) is 0 Å². The molecule has 1 nitrogen and oxygen atoms in total. The lowest BCUT2D eigenvalue weighted by Gasteiger charge is -2.15. The van der Waals surface area contributed by atoms with E-state index >= 15 is 0 Å². The molecular weight excluding hydrogens is 520 g/mol. The van der Waals surface area contributed by atoms with Crippen molar-refractivity contribution in [3.63, 3.8) is 0 Å². The molecule has 0 aliphatic rings. The van der Waals surface area contributed by atoms with Crippen molar-refractivity contribution >= 4 is 0 Å². The Bertz CT molecular complexity index is 420. The molecule has 0 fully saturated rings. The minimum absolute atomic E-state index is 0.516. The van der Waals surface area contributed by atoms with Crippen molar-refractivity contribution in [3.05, 3.63) is 0 Å². The largest absolute Gasteiger partial charge is 0.381 e. The summed E-state index contributed by atoms with van der Waals surface area (Å²) in [6, 6.07) is 0. The van der Waals surface area contributed by atoms with Crippen molar-refractivity contribution in [3.8, 4) is 0 Å². The number of methoxy groups -OCH3 is 1. The fraction of sp³-hybridized carbons (Fsp3) is 1.00. The summed E-state index contributed by atoms with van der Waals surface area (Å²) in [7, 11) is 1.94. The first kappa shape index (κ1) is 43.0. The molecule has 0 rings (SSSR count). The lowest BCUT2D eigenvalue weighted by atomic mass is 10.0. The Balaban J connectivity index is 3.24. The van der Waals surface area contributed by atoms with Gasteiger partial charge in [-0.3, -0.25) is 0 Å². The van der Waals surface area contributed by atoms with Crippen molar-refractivity contribution < 1.29 is 4.74 Å². The lowest BCUT2D eigenvalue weighted by molar-refractivity contribution is 0.0831. The fourth-order valence-electron chi connectivity index (χ4n) is 6.93. The van der Waals surface area contributed by atoms with E-state index in [2.05, 4.69) is 13.8 Å². The van der Waals surface area contributed by atoms with Gasteiger partial charge >= 0.3 is 0 Å². The Morgan fingerprint density at radius 3 is 0.581 bits per heavy atom. The molecule has 0 N–H and O–H groups in total. The zero-order valence-corrected chi connectivity index (χ0v) is 30.9. The molecule has 0 aliphatic carbocycles. The molecule has 0 amide bonds. The second kappa shape index (κ2) is 40.0. The predicted octanol–water partition coefficient (Wildman–Crippen LogP) is 15.9. The SMILES string of the molecule is CCCCCCCCCCCCCCCCCCCCC(CCCCCCCCCCCCCCCCCCCC)OC. The van der Waals surface area contributed by atoms with Crippen molar-refractivity contribution in [1.29, 1.82) is 0 Å². The van der Waals surface area contributed by atoms with Gasteiger partial charge in [-0.1, -0.05) is 245 Å². The number of unbranched alkanes of at least 4 members (excludes halogenated alkanes) is 34. The molecule has 0 bridgehead atoms. The van der Waals surface area contributed by atoms with Crippen LogP contribution in [0, 0.1) is 0 Å². The summed E-state index contributed by atoms with van der Waals surface area (Å²) >= 11 is 0. The van der Waals surface area contributed by atoms with Crippen molar-refractivity contribution in [1.82, 2.24) is 0 Å². The first-order valence-electron chi connectivity index (χ1n) is 20.9. The van der Waals surface area contributed by atoms with Crippen molar-refractivity contribution in [2.45, 2.75) is 264 Å². The molecule has 0 aromatic carbocycles. The van der Waals surface area contributed by atoms with Gasteiger partial charge in [0.2, 0.25) is 0 Å². The smallest absolute Gasteiger partial charge is 0.0571 e. The van der Waals surface area contributed by atoms with Gasteiger partial charge in [-0.2, -0.15) is 0 Å². The third kappa shape index (κ3) is 38.1. The van der Waals surface area contributed by atoms with Crippen LogP contribution in [-0.4, -0.2) is 13.2 Å². The second-order valence-corrected chi connectivity index (χ2v) is 14.5. The molecule has 0 unspecified atom stereocenters. The van der Waals surface area contributed by atoms with E-state index in [1.54, 1.807) is 0 Å². The zero-order chi connectivity index (χ0) is 31.2. The minimum atomic E-state index is 0.516. The Morgan fingerprint density at radius 1 is 0.256 bits per heavy atom. The molecule has 43 heavy (non-hydrogen) atoms. The molecule has 0 saturated carbocycles. The standard InChI is InChI=1S/C42H86O/c1-4-6-8-10-12-14-16-18-20-22-24-26-28-30-32-34-36-38-40-42(43-3)41-39-37-35-33-31-29-27-25-23-21-19-17-15-13-11-9-7-5-2/h42H,4-41H2,1-3H3. The highest BCUT2D eigenvalue weighted by Crippen LogP contribution is 2.18. The quantitative estimate of drug-likeness (QED) is 0.0632. The van der Waals surface area contributed by atoms with Crippen LogP contribution >= 0.6 is 0 Å². The topological polar surface area (TPSA) is 9.23 Å². The fourth-order valence-corrected chi connectivity index (χ4v) is 6.93. The van der Waals surface area contributed by atoms with Gasteiger partial charge in [0.1, 0.15) is 0 Å². The maximum Gasteiger partial charge on any atom is 0.0571 e. The van der Waals surface area contributed by atoms with Crippen LogP contribution in [0.15, 0.2) is 0 Å². The van der Waals surface area contributed by atoms with Gasteiger partial charge in [-0.25, -0.2) is 0 Å². The summed E-state index contributed by atoms with van der Waals surface area (Å²) in [6.45, 7) is 4.61. The van der Waals surface area contributed by atoms with Crippen molar-refractivity contribution in [2.75, 3.05) is 7.11 Å². The highest BCUT2D eigenvalue weighted by atomic mass is 16.5. The monoisotopic (exact) mass is 607 g/mol. The first-order chi connectivity index (χ1) is 21.3. The molecule has 0 aromatic heterocycles. The molecule has 0 spiro atoms. The third-order valence-corrected chi connectivity index (χ3v) is 10.1. The van der Waals surface area contributed by atoms with Gasteiger partial charge in [0.05, 0.1) is 6.10 Å². The Morgan fingerprint density at radius 2 is 0.419 bits per heavy atom. The van der Waals surface area contributed by atoms with Crippen molar-refractivity contribution in [2.24, 2.45) is 0 Å². The summed E-state index contributed by atoms with van der Waals surface area (Å²) in [5.41, 5.74) is 0. The molecule has 0 saturated heterocycles. The summed E-state index contributed by atoms with van der Waals surface area (Å²) in [5.74, 6) is 0. The molecule has 0 aromatic rings. The number of hydrogen-bond donors (Lipinski definition) is 0. The van der Waals surface area contributed by atoms with Crippen LogP contribution in [0.3, 0.4) is 0 Å². The second-order valence-electron chi connectivity index (χ2n) is 14.5. The first-order valence-corrected chi connectivity index (χ1v) is 20.9. The summed E-state index contributed by atoms with van der Waals surface area (Å²) in [4.78, 5) is 0. The van der Waals surface area contributed by atoms with Gasteiger partial charge in [0.15, 0.2) is 0 Å². The van der Waals surface area contributed by atoms with Crippen LogP contribution in [0.2, 0.25) is 0 Å². The number of hydrogen-bond acceptors (Lipinski definition) is 1. The predicted molar refractivity (Wildman–Crippen MR) is 198 cm³/mol. The molecule has 1 heteroatoms. The van der Waals surface area contributed by atoms with E-state index in [4.69, 9.17) is 4.74 Å². The summed E-state index contributed by atoms with van der Waals surface area (Å²) in [5, 5.41) is 0. The molecule has 0 radical (unpaired) electrons. The average Bonchev–Trinajstić information content (AvgIpc) is 3.02. The Hall–Kier alpha value is -0.0400. The highest BCUT2D eigenvalue weighted by Gasteiger charge is 2.07. The molecule has 0 atom stereocenters. The van der Waals surface area contributed by atoms with Gasteiger partial charge in [0.25, 0.3) is 0 Å². The maximum atomic E-state index is 5.82. The van der Waals surface area contributed by atoms with E-state index in [0.717, 1.165) is 0 Å². The number of ether oxygens (including phenoxy) is 1. The van der Waals surface area contributed by atoms with E-state index < -0.39 is 0 Å². The van der Waals surface area contributed by atoms with E-state index in [1.807, 2.05) is 7.11 Å². The molecule has 0 heterocycles. The summed E-state index contributed by atoms with van der Waals surface area (Å²) < 4.78 is 5.82. The van der Waals surface area contributed by atoms with Gasteiger partial charge in [-0.05, 0) is 12.8 Å². The van der Waals surface area contributed by atoms with Crippen LogP contribution < -0.4 is 0 Å². The lowest BCUT2D eigenvalue weighted by Crippen LogP contribution is -2.10. The normalized spacial score (nSPS) is 11.7. The van der Waals surface area contributed by atoms with Crippen LogP contribution in [0.5, 0.6) is 0 Å². The Labute approximate surface area is 275 Å². The minimum Gasteiger partial charge on any atom is -0.381 e. The van der Waals surface area contributed by atoms with Crippen LogP contribution in [0.4, 0.5) is 0 Å². The third-order valence-electron chi connectivity index (χ3n) is 10.1. The maximum absolute atomic E-state index is 5.82. The van der Waals surface area contributed by atoms with E-state index in [0.29, 0.717) is 6.10 Å². The molecular formula is C42H86O.